The number of halogens is 1. The zero-order valence-corrected chi connectivity index (χ0v) is 51.9. The van der Waals surface area contributed by atoms with Gasteiger partial charge in [-0.25, -0.2) is 9.37 Å². The zero-order valence-electron chi connectivity index (χ0n) is 49.6. The van der Waals surface area contributed by atoms with Crippen molar-refractivity contribution in [3.05, 3.63) is 210 Å². The second kappa shape index (κ2) is 20.5. The third-order valence-electron chi connectivity index (χ3n) is 16.0. The number of hydrogen-bond donors (Lipinski definition) is 1. The van der Waals surface area contributed by atoms with E-state index in [-0.39, 0.29) is 53.9 Å². The molecule has 0 radical (unpaired) electrons. The van der Waals surface area contributed by atoms with Crippen molar-refractivity contribution in [3.8, 4) is 73.2 Å². The summed E-state index contributed by atoms with van der Waals surface area (Å²) in [7, 11) is 0. The van der Waals surface area contributed by atoms with E-state index in [2.05, 4.69) is 265 Å². The van der Waals surface area contributed by atoms with Crippen molar-refractivity contribution < 1.29 is 30.6 Å². The molecule has 7 heteroatoms. The number of aromatic hydroxyl groups is 1. The monoisotopic (exact) mass is 1250 g/mol. The summed E-state index contributed by atoms with van der Waals surface area (Å²) in [6.45, 7) is 33.8. The van der Waals surface area contributed by atoms with Gasteiger partial charge in [0.15, 0.2) is 0 Å². The molecule has 0 aliphatic carbocycles. The Kier molecular flexibility index (Phi) is 14.4. The molecule has 414 valence electrons. The standard InChI is InChI=1S/C74H74FN4O.Pt/c1-70(2,3)51-35-49(59-23-19-25-65-68(59)77-69(62-44-56(75)27-29-67(62)80)79(65)58-42-54(73(10,11)12)41-55(43-58)74(13,14)15)32-50(36-51)63-38-47(30-31-76-63)46-26-28-61-60-22-16-17-24-64(60)78(66(61)39-46)57-21-18-20-45(37-57)48-33-52(71(4,5)6)40-53(34-48)72(7,8)9;/h16-31,33-44,80H,1-15H3;/q-1;. The number of imidazole rings is 1. The number of nitrogens with zero attached hydrogens (tertiary/aromatic N) is 4. The fourth-order valence-electron chi connectivity index (χ4n) is 11.0. The van der Waals surface area contributed by atoms with Crippen molar-refractivity contribution in [1.29, 1.82) is 0 Å². The van der Waals surface area contributed by atoms with E-state index in [1.807, 2.05) is 6.20 Å². The molecule has 3 aromatic heterocycles. The molecule has 0 saturated heterocycles. The molecule has 0 atom stereocenters. The van der Waals surface area contributed by atoms with Gasteiger partial charge in [-0.15, -0.1) is 29.3 Å². The molecular weight excluding hydrogens is 1170 g/mol. The van der Waals surface area contributed by atoms with Crippen LogP contribution in [0.25, 0.3) is 100 Å². The first-order valence-corrected chi connectivity index (χ1v) is 28.1. The molecule has 1 N–H and O–H groups in total. The molecule has 81 heavy (non-hydrogen) atoms. The Hall–Kier alpha value is -7.40. The molecule has 0 unspecified atom stereocenters. The van der Waals surface area contributed by atoms with Gasteiger partial charge in [-0.3, -0.25) is 9.55 Å². The molecule has 3 heterocycles. The van der Waals surface area contributed by atoms with Gasteiger partial charge in [-0.1, -0.05) is 200 Å². The largest absolute Gasteiger partial charge is 0.507 e. The minimum atomic E-state index is -0.457. The summed E-state index contributed by atoms with van der Waals surface area (Å²) in [6, 6.07) is 61.2. The van der Waals surface area contributed by atoms with E-state index in [9.17, 15) is 5.11 Å². The van der Waals surface area contributed by atoms with Crippen molar-refractivity contribution in [2.45, 2.75) is 131 Å². The number of fused-ring (bicyclic) bond motifs is 4. The van der Waals surface area contributed by atoms with Gasteiger partial charge in [0.2, 0.25) is 0 Å². The Bertz CT molecular complexity index is 4170. The summed E-state index contributed by atoms with van der Waals surface area (Å²) >= 11 is 0. The molecule has 0 bridgehead atoms. The molecule has 11 aromatic rings. The Balaban J connectivity index is 0.00000736. The fraction of sp³-hybridized carbons (Fsp3) is 0.270. The molecule has 8 aromatic carbocycles. The van der Waals surface area contributed by atoms with Crippen molar-refractivity contribution in [2.75, 3.05) is 0 Å². The van der Waals surface area contributed by atoms with Crippen molar-refractivity contribution in [3.63, 3.8) is 0 Å². The number of phenolic OH excluding ortho intramolecular Hbond substituents is 1. The Morgan fingerprint density at radius 1 is 0.420 bits per heavy atom. The van der Waals surface area contributed by atoms with Gasteiger partial charge in [-0.05, 0) is 138 Å². The summed E-state index contributed by atoms with van der Waals surface area (Å²) in [5, 5.41) is 13.8. The maximum absolute atomic E-state index is 15.3. The maximum atomic E-state index is 15.3. The first-order valence-electron chi connectivity index (χ1n) is 28.1. The number of benzene rings is 8. The molecule has 0 aliphatic rings. The minimum Gasteiger partial charge on any atom is -0.507 e. The van der Waals surface area contributed by atoms with Crippen LogP contribution in [-0.2, 0) is 48.1 Å². The van der Waals surface area contributed by atoms with E-state index in [0.717, 1.165) is 67.0 Å². The smallest absolute Gasteiger partial charge is 0.148 e. The van der Waals surface area contributed by atoms with Crippen LogP contribution in [0.5, 0.6) is 5.75 Å². The zero-order chi connectivity index (χ0) is 57.0. The van der Waals surface area contributed by atoms with E-state index >= 15 is 4.39 Å². The summed E-state index contributed by atoms with van der Waals surface area (Å²) in [5.41, 5.74) is 19.6. The molecule has 5 nitrogen and oxygen atoms in total. The summed E-state index contributed by atoms with van der Waals surface area (Å²) < 4.78 is 19.8. The second-order valence-electron chi connectivity index (χ2n) is 27.2. The molecule has 0 fully saturated rings. The average Bonchev–Trinajstić information content (AvgIpc) is 4.15. The Morgan fingerprint density at radius 2 is 0.975 bits per heavy atom. The van der Waals surface area contributed by atoms with Crippen molar-refractivity contribution >= 4 is 32.8 Å². The van der Waals surface area contributed by atoms with Crippen LogP contribution < -0.4 is 0 Å². The quantitative estimate of drug-likeness (QED) is 0.162. The third kappa shape index (κ3) is 11.0. The predicted octanol–water partition coefficient (Wildman–Crippen LogP) is 20.0. The first-order chi connectivity index (χ1) is 37.6. The van der Waals surface area contributed by atoms with Crippen LogP contribution in [0.1, 0.15) is 132 Å². The SMILES string of the molecule is CC(C)(C)c1cc(-c2cc(-c3ccc4c5ccccc5n(-c5cccc(-c6cc(C(C)(C)C)cc(C(C)(C)C)c6)c5)c4c3)ccn2)[c-]c(-c2cccc3c2nc(-c2cc(F)ccc2O)n3-c2cc(C(C)(C)C)cc(C(C)(C)C)c2)c1.[Pt]. The van der Waals surface area contributed by atoms with E-state index in [1.165, 1.54) is 62.4 Å². The molecular formula is C74H74FN4OPt-. The van der Waals surface area contributed by atoms with E-state index < -0.39 is 5.82 Å². The molecule has 0 aliphatic heterocycles. The van der Waals surface area contributed by atoms with Crippen LogP contribution in [-0.4, -0.2) is 24.2 Å². The molecule has 11 rings (SSSR count). The summed E-state index contributed by atoms with van der Waals surface area (Å²) in [5.74, 6) is -0.0629. The van der Waals surface area contributed by atoms with Gasteiger partial charge >= 0.3 is 0 Å². The van der Waals surface area contributed by atoms with E-state index in [4.69, 9.17) is 9.97 Å². The van der Waals surface area contributed by atoms with E-state index in [1.54, 1.807) is 0 Å². The van der Waals surface area contributed by atoms with Gasteiger partial charge in [0.25, 0.3) is 0 Å². The first kappa shape index (κ1) is 56.9. The van der Waals surface area contributed by atoms with Gasteiger partial charge < -0.3 is 9.67 Å². The van der Waals surface area contributed by atoms with Crippen molar-refractivity contribution in [2.24, 2.45) is 0 Å². The van der Waals surface area contributed by atoms with Crippen LogP contribution >= 0.6 is 0 Å². The van der Waals surface area contributed by atoms with Gasteiger partial charge in [-0.2, -0.15) is 0 Å². The predicted molar refractivity (Wildman–Crippen MR) is 334 cm³/mol. The second-order valence-corrected chi connectivity index (χ2v) is 27.2. The van der Waals surface area contributed by atoms with Gasteiger partial charge in [0.1, 0.15) is 17.4 Å². The van der Waals surface area contributed by atoms with Gasteiger partial charge in [0.05, 0.1) is 27.6 Å². The molecule has 0 saturated carbocycles. The van der Waals surface area contributed by atoms with Crippen LogP contribution in [0.3, 0.4) is 0 Å². The van der Waals surface area contributed by atoms with Crippen molar-refractivity contribution in [1.82, 2.24) is 19.1 Å². The number of aromatic nitrogens is 4. The molecule has 0 amide bonds. The number of rotatable bonds is 7. The fourth-order valence-corrected chi connectivity index (χ4v) is 11.0. The maximum Gasteiger partial charge on any atom is 0.148 e. The third-order valence-corrected chi connectivity index (χ3v) is 16.0. The van der Waals surface area contributed by atoms with Crippen LogP contribution in [0, 0.1) is 11.9 Å². The Labute approximate surface area is 493 Å². The minimum absolute atomic E-state index is 0. The summed E-state index contributed by atoms with van der Waals surface area (Å²) in [6.07, 6.45) is 1.90. The number of phenols is 1. The Morgan fingerprint density at radius 3 is 1.63 bits per heavy atom. The van der Waals surface area contributed by atoms with E-state index in [0.29, 0.717) is 16.9 Å². The van der Waals surface area contributed by atoms with Crippen LogP contribution in [0.2, 0.25) is 0 Å². The van der Waals surface area contributed by atoms with Crippen LogP contribution in [0.4, 0.5) is 4.39 Å². The number of pyridine rings is 1. The topological polar surface area (TPSA) is 55.9 Å². The number of hydrogen-bond acceptors (Lipinski definition) is 3. The normalized spacial score (nSPS) is 12.6. The molecule has 0 spiro atoms. The van der Waals surface area contributed by atoms with Gasteiger partial charge in [0, 0.05) is 55.1 Å². The van der Waals surface area contributed by atoms with Crippen LogP contribution in [0.15, 0.2) is 170 Å². The average molecular weight is 1250 g/mol. The summed E-state index contributed by atoms with van der Waals surface area (Å²) in [4.78, 5) is 10.4. The number of para-hydroxylation sites is 2.